The molecule has 0 amide bonds. The summed E-state index contributed by atoms with van der Waals surface area (Å²) >= 11 is 3.19. The zero-order valence-electron chi connectivity index (χ0n) is 9.96. The molecule has 0 N–H and O–H groups in total. The Balaban J connectivity index is 2.55. The second kappa shape index (κ2) is 5.65. The Bertz CT molecular complexity index is 601. The lowest BCUT2D eigenvalue weighted by molar-refractivity contribution is 0.405. The molecule has 0 saturated carbocycles. The molecule has 0 saturated heterocycles. The second-order valence-corrected chi connectivity index (χ2v) is 4.80. The van der Waals surface area contributed by atoms with Crippen LogP contribution in [0.15, 0.2) is 36.4 Å². The van der Waals surface area contributed by atoms with Crippen LogP contribution in [0.5, 0.6) is 5.75 Å². The van der Waals surface area contributed by atoms with Crippen molar-refractivity contribution in [2.45, 2.75) is 4.83 Å². The minimum atomic E-state index is -0.834. The first-order valence-electron chi connectivity index (χ1n) is 5.46. The van der Waals surface area contributed by atoms with E-state index in [1.54, 1.807) is 6.07 Å². The molecule has 5 heteroatoms. The summed E-state index contributed by atoms with van der Waals surface area (Å²) in [6.07, 6.45) is 0. The van der Waals surface area contributed by atoms with Gasteiger partial charge >= 0.3 is 0 Å². The van der Waals surface area contributed by atoms with Gasteiger partial charge in [-0.1, -0.05) is 22.0 Å². The molecule has 2 aromatic rings. The topological polar surface area (TPSA) is 9.23 Å². The van der Waals surface area contributed by atoms with Crippen LogP contribution in [0.4, 0.5) is 13.2 Å². The number of rotatable bonds is 3. The smallest absolute Gasteiger partial charge is 0.131 e. The maximum absolute atomic E-state index is 13.9. The number of ether oxygens (including phenoxy) is 1. The summed E-state index contributed by atoms with van der Waals surface area (Å²) in [5.41, 5.74) is 0.151. The van der Waals surface area contributed by atoms with E-state index in [-0.39, 0.29) is 16.9 Å². The van der Waals surface area contributed by atoms with Gasteiger partial charge in [-0.05, 0) is 30.3 Å². The van der Waals surface area contributed by atoms with Crippen molar-refractivity contribution in [3.8, 4) is 5.75 Å². The Labute approximate surface area is 117 Å². The number of hydrogen-bond donors (Lipinski definition) is 0. The molecule has 0 bridgehead atoms. The Kier molecular flexibility index (Phi) is 4.14. The number of hydrogen-bond acceptors (Lipinski definition) is 1. The molecule has 2 aromatic carbocycles. The Morgan fingerprint density at radius 3 is 2.47 bits per heavy atom. The summed E-state index contributed by atoms with van der Waals surface area (Å²) in [4.78, 5) is -0.834. The van der Waals surface area contributed by atoms with Gasteiger partial charge in [0.2, 0.25) is 0 Å². The maximum atomic E-state index is 13.9. The molecule has 0 aliphatic carbocycles. The number of methoxy groups -OCH3 is 1. The van der Waals surface area contributed by atoms with E-state index in [9.17, 15) is 13.2 Å². The summed E-state index contributed by atoms with van der Waals surface area (Å²) in [6.45, 7) is 0. The fraction of sp³-hybridized carbons (Fsp3) is 0.143. The number of benzene rings is 2. The molecule has 0 heterocycles. The highest BCUT2D eigenvalue weighted by Crippen LogP contribution is 2.39. The van der Waals surface area contributed by atoms with Crippen LogP contribution in [-0.2, 0) is 0 Å². The third kappa shape index (κ3) is 2.76. The quantitative estimate of drug-likeness (QED) is 0.747. The van der Waals surface area contributed by atoms with Gasteiger partial charge in [0.05, 0.1) is 11.9 Å². The maximum Gasteiger partial charge on any atom is 0.131 e. The van der Waals surface area contributed by atoms with Crippen LogP contribution in [0.3, 0.4) is 0 Å². The predicted octanol–water partition coefficient (Wildman–Crippen LogP) is 4.60. The van der Waals surface area contributed by atoms with Crippen molar-refractivity contribution >= 4 is 15.9 Å². The van der Waals surface area contributed by atoms with Gasteiger partial charge < -0.3 is 4.74 Å². The lowest BCUT2D eigenvalue weighted by Gasteiger charge is -2.16. The van der Waals surface area contributed by atoms with E-state index >= 15 is 0 Å². The van der Waals surface area contributed by atoms with E-state index in [1.165, 1.54) is 19.2 Å². The molecule has 0 aliphatic heterocycles. The van der Waals surface area contributed by atoms with Crippen molar-refractivity contribution in [3.63, 3.8) is 0 Å². The molecule has 100 valence electrons. The summed E-state index contributed by atoms with van der Waals surface area (Å²) in [6, 6.07) is 7.33. The van der Waals surface area contributed by atoms with Crippen molar-refractivity contribution in [2.24, 2.45) is 0 Å². The van der Waals surface area contributed by atoms with Crippen LogP contribution in [0, 0.1) is 17.5 Å². The molecule has 19 heavy (non-hydrogen) atoms. The van der Waals surface area contributed by atoms with Crippen LogP contribution in [0.25, 0.3) is 0 Å². The van der Waals surface area contributed by atoms with E-state index in [2.05, 4.69) is 15.9 Å². The predicted molar refractivity (Wildman–Crippen MR) is 70.1 cm³/mol. The molecule has 2 rings (SSSR count). The SMILES string of the molecule is COc1cccc(F)c1C(Br)c1cc(F)ccc1F. The molecule has 0 spiro atoms. The van der Waals surface area contributed by atoms with E-state index in [0.717, 1.165) is 18.2 Å². The highest BCUT2D eigenvalue weighted by Gasteiger charge is 2.22. The largest absolute Gasteiger partial charge is 0.496 e. The zero-order chi connectivity index (χ0) is 14.0. The summed E-state index contributed by atoms with van der Waals surface area (Å²) in [5.74, 6) is -1.49. The van der Waals surface area contributed by atoms with Gasteiger partial charge in [0, 0.05) is 11.1 Å². The Morgan fingerprint density at radius 1 is 1.05 bits per heavy atom. The molecule has 0 aromatic heterocycles. The van der Waals surface area contributed by atoms with Crippen molar-refractivity contribution < 1.29 is 17.9 Å². The third-order valence-corrected chi connectivity index (χ3v) is 3.67. The second-order valence-electron chi connectivity index (χ2n) is 3.88. The lowest BCUT2D eigenvalue weighted by Crippen LogP contribution is -2.03. The van der Waals surface area contributed by atoms with Gasteiger partial charge in [0.15, 0.2) is 0 Å². The molecular formula is C14H10BrF3O. The first kappa shape index (κ1) is 13.9. The monoisotopic (exact) mass is 330 g/mol. The van der Waals surface area contributed by atoms with Gasteiger partial charge in [-0.3, -0.25) is 0 Å². The molecule has 1 unspecified atom stereocenters. The first-order valence-corrected chi connectivity index (χ1v) is 6.37. The first-order chi connectivity index (χ1) is 9.04. The molecule has 0 radical (unpaired) electrons. The highest BCUT2D eigenvalue weighted by molar-refractivity contribution is 9.09. The van der Waals surface area contributed by atoms with Crippen LogP contribution in [0.1, 0.15) is 16.0 Å². The fourth-order valence-corrected chi connectivity index (χ4v) is 2.60. The highest BCUT2D eigenvalue weighted by atomic mass is 79.9. The van der Waals surface area contributed by atoms with Crippen LogP contribution < -0.4 is 4.74 Å². The van der Waals surface area contributed by atoms with Crippen LogP contribution >= 0.6 is 15.9 Å². The van der Waals surface area contributed by atoms with Gasteiger partial charge in [-0.2, -0.15) is 0 Å². The van der Waals surface area contributed by atoms with Crippen LogP contribution in [0.2, 0.25) is 0 Å². The summed E-state index contributed by atoms with van der Waals surface area (Å²) in [7, 11) is 1.39. The van der Waals surface area contributed by atoms with Crippen molar-refractivity contribution in [1.82, 2.24) is 0 Å². The normalized spacial score (nSPS) is 12.3. The van der Waals surface area contributed by atoms with Gasteiger partial charge in [0.1, 0.15) is 23.2 Å². The zero-order valence-corrected chi connectivity index (χ0v) is 11.5. The van der Waals surface area contributed by atoms with Gasteiger partial charge in [-0.25, -0.2) is 13.2 Å². The number of halogens is 4. The Morgan fingerprint density at radius 2 is 1.79 bits per heavy atom. The Hall–Kier alpha value is -1.49. The molecular weight excluding hydrogens is 321 g/mol. The van der Waals surface area contributed by atoms with Gasteiger partial charge in [0.25, 0.3) is 0 Å². The fourth-order valence-electron chi connectivity index (χ4n) is 1.81. The minimum absolute atomic E-state index is 0.0170. The van der Waals surface area contributed by atoms with Gasteiger partial charge in [-0.15, -0.1) is 0 Å². The van der Waals surface area contributed by atoms with Crippen molar-refractivity contribution in [1.29, 1.82) is 0 Å². The minimum Gasteiger partial charge on any atom is -0.496 e. The van der Waals surface area contributed by atoms with E-state index in [4.69, 9.17) is 4.74 Å². The molecule has 1 atom stereocenters. The van der Waals surface area contributed by atoms with Crippen molar-refractivity contribution in [3.05, 3.63) is 65.0 Å². The van der Waals surface area contributed by atoms with Crippen LogP contribution in [-0.4, -0.2) is 7.11 Å². The average molecular weight is 331 g/mol. The van der Waals surface area contributed by atoms with E-state index < -0.39 is 22.3 Å². The molecule has 0 aliphatic rings. The third-order valence-electron chi connectivity index (χ3n) is 2.72. The lowest BCUT2D eigenvalue weighted by atomic mass is 10.0. The summed E-state index contributed by atoms with van der Waals surface area (Å²) in [5, 5.41) is 0. The molecule has 1 nitrogen and oxygen atoms in total. The van der Waals surface area contributed by atoms with E-state index in [1.807, 2.05) is 0 Å². The summed E-state index contributed by atoms with van der Waals surface area (Å²) < 4.78 is 45.8. The standard InChI is InChI=1S/C14H10BrF3O/c1-19-12-4-2-3-11(18)13(12)14(15)9-7-8(16)5-6-10(9)17/h2-7,14H,1H3. The number of alkyl halides is 1. The van der Waals surface area contributed by atoms with Crippen molar-refractivity contribution in [2.75, 3.05) is 7.11 Å². The average Bonchev–Trinajstić information content (AvgIpc) is 2.40. The van der Waals surface area contributed by atoms with E-state index in [0.29, 0.717) is 0 Å². The molecule has 0 fully saturated rings.